The van der Waals surface area contributed by atoms with Gasteiger partial charge in [-0.1, -0.05) is 17.7 Å². The summed E-state index contributed by atoms with van der Waals surface area (Å²) in [6.07, 6.45) is 0. The van der Waals surface area contributed by atoms with E-state index >= 15 is 0 Å². The fourth-order valence-electron chi connectivity index (χ4n) is 2.82. The zero-order valence-corrected chi connectivity index (χ0v) is 15.7. The molecular weight excluding hydrogens is 357 g/mol. The molecule has 0 aliphatic heterocycles. The van der Waals surface area contributed by atoms with E-state index < -0.39 is 0 Å². The highest BCUT2D eigenvalue weighted by Gasteiger charge is 2.18. The van der Waals surface area contributed by atoms with E-state index in [-0.39, 0.29) is 11.7 Å². The molecule has 0 saturated carbocycles. The lowest BCUT2D eigenvalue weighted by Gasteiger charge is -2.07. The molecule has 0 radical (unpaired) electrons. The summed E-state index contributed by atoms with van der Waals surface area (Å²) >= 11 is 6.08. The lowest BCUT2D eigenvalue weighted by Crippen LogP contribution is -2.15. The van der Waals surface area contributed by atoms with Crippen LogP contribution in [-0.4, -0.2) is 25.5 Å². The minimum atomic E-state index is -0.383. The van der Waals surface area contributed by atoms with E-state index in [1.165, 1.54) is 12.1 Å². The molecule has 1 aromatic carbocycles. The van der Waals surface area contributed by atoms with Crippen molar-refractivity contribution in [1.82, 2.24) is 19.6 Å². The molecule has 2 aromatic heterocycles. The average molecular weight is 376 g/mol. The third-order valence-corrected chi connectivity index (χ3v) is 4.65. The van der Waals surface area contributed by atoms with Crippen molar-refractivity contribution in [3.05, 3.63) is 63.3 Å². The molecule has 26 heavy (non-hydrogen) atoms. The molecule has 3 rings (SSSR count). The van der Waals surface area contributed by atoms with Crippen molar-refractivity contribution < 1.29 is 9.18 Å². The van der Waals surface area contributed by atoms with E-state index in [4.69, 9.17) is 11.6 Å². The summed E-state index contributed by atoms with van der Waals surface area (Å²) in [4.78, 5) is 12.6. The Bertz CT molecular complexity index is 992. The van der Waals surface area contributed by atoms with Crippen molar-refractivity contribution in [2.24, 2.45) is 7.05 Å². The van der Waals surface area contributed by atoms with Crippen LogP contribution in [-0.2, 0) is 13.6 Å². The van der Waals surface area contributed by atoms with Gasteiger partial charge in [-0.2, -0.15) is 10.2 Å². The fourth-order valence-corrected chi connectivity index (χ4v) is 3.05. The molecule has 1 amide bonds. The number of carbonyl (C=O) groups is 1. The summed E-state index contributed by atoms with van der Waals surface area (Å²) in [5, 5.41) is 11.8. The molecule has 0 aliphatic rings. The van der Waals surface area contributed by atoms with Crippen molar-refractivity contribution in [3.63, 3.8) is 0 Å². The second kappa shape index (κ2) is 6.92. The number of hydrogen-bond acceptors (Lipinski definition) is 3. The van der Waals surface area contributed by atoms with Gasteiger partial charge < -0.3 is 5.32 Å². The van der Waals surface area contributed by atoms with Crippen molar-refractivity contribution in [3.8, 4) is 0 Å². The smallest absolute Gasteiger partial charge is 0.260 e. The maximum absolute atomic E-state index is 13.2. The first-order chi connectivity index (χ1) is 12.3. The van der Waals surface area contributed by atoms with Gasteiger partial charge in [0.2, 0.25) is 0 Å². The van der Waals surface area contributed by atoms with E-state index in [1.54, 1.807) is 35.5 Å². The van der Waals surface area contributed by atoms with Gasteiger partial charge in [0.1, 0.15) is 5.82 Å². The van der Waals surface area contributed by atoms with E-state index in [0.29, 0.717) is 28.6 Å². The van der Waals surface area contributed by atoms with Crippen LogP contribution in [0.4, 0.5) is 10.2 Å². The van der Waals surface area contributed by atoms with Crippen molar-refractivity contribution in [2.75, 3.05) is 5.32 Å². The Kier molecular flexibility index (Phi) is 4.82. The van der Waals surface area contributed by atoms with Gasteiger partial charge in [-0.15, -0.1) is 0 Å². The third kappa shape index (κ3) is 3.48. The molecular formula is C18H19ClFN5O. The van der Waals surface area contributed by atoms with Crippen LogP contribution in [0.2, 0.25) is 5.02 Å². The first-order valence-corrected chi connectivity index (χ1v) is 8.44. The summed E-state index contributed by atoms with van der Waals surface area (Å²) in [6.45, 7) is 5.89. The Labute approximate surface area is 155 Å². The number of aromatic nitrogens is 4. The topological polar surface area (TPSA) is 64.7 Å². The number of halogens is 2. The standard InChI is InChI=1S/C18H19ClFN5O/c1-10-7-16(21-18(26)17-11(2)22-24(4)12(17)3)23-25(10)9-13-5-6-14(20)8-15(13)19/h5-8H,9H2,1-4H3,(H,21,23,26). The Hall–Kier alpha value is -2.67. The summed E-state index contributed by atoms with van der Waals surface area (Å²) in [6, 6.07) is 6.03. The molecule has 136 valence electrons. The van der Waals surface area contributed by atoms with Crippen molar-refractivity contribution in [2.45, 2.75) is 27.3 Å². The molecule has 0 fully saturated rings. The fraction of sp³-hybridized carbons (Fsp3) is 0.278. The van der Waals surface area contributed by atoms with E-state index in [9.17, 15) is 9.18 Å². The molecule has 0 unspecified atom stereocenters. The zero-order valence-electron chi connectivity index (χ0n) is 15.0. The number of rotatable bonds is 4. The number of nitrogens with one attached hydrogen (secondary N) is 1. The number of aryl methyl sites for hydroxylation is 3. The summed E-state index contributed by atoms with van der Waals surface area (Å²) in [5.41, 5.74) is 3.59. The van der Waals surface area contributed by atoms with Crippen LogP contribution in [0.1, 0.15) is 33.0 Å². The summed E-state index contributed by atoms with van der Waals surface area (Å²) in [5.74, 6) is -0.197. The van der Waals surface area contributed by atoms with Gasteiger partial charge in [0.15, 0.2) is 5.82 Å². The SMILES string of the molecule is Cc1nn(C)c(C)c1C(=O)Nc1cc(C)n(Cc2ccc(F)cc2Cl)n1. The first-order valence-electron chi connectivity index (χ1n) is 8.06. The Morgan fingerprint density at radius 2 is 1.96 bits per heavy atom. The minimum Gasteiger partial charge on any atom is -0.305 e. The largest absolute Gasteiger partial charge is 0.305 e. The molecule has 0 bridgehead atoms. The maximum Gasteiger partial charge on any atom is 0.260 e. The highest BCUT2D eigenvalue weighted by molar-refractivity contribution is 6.31. The number of anilines is 1. The van der Waals surface area contributed by atoms with E-state index in [2.05, 4.69) is 15.5 Å². The molecule has 3 aromatic rings. The van der Waals surface area contributed by atoms with E-state index in [0.717, 1.165) is 17.0 Å². The number of hydrogen-bond donors (Lipinski definition) is 1. The van der Waals surface area contributed by atoms with Gasteiger partial charge >= 0.3 is 0 Å². The first kappa shape index (κ1) is 18.1. The summed E-state index contributed by atoms with van der Waals surface area (Å²) < 4.78 is 16.6. The number of amides is 1. The average Bonchev–Trinajstić information content (AvgIpc) is 3.01. The third-order valence-electron chi connectivity index (χ3n) is 4.29. The molecule has 0 atom stereocenters. The van der Waals surface area contributed by atoms with Crippen LogP contribution in [0, 0.1) is 26.6 Å². The van der Waals surface area contributed by atoms with Gasteiger partial charge in [0.25, 0.3) is 5.91 Å². The predicted molar refractivity (Wildman–Crippen MR) is 98.1 cm³/mol. The maximum atomic E-state index is 13.2. The van der Waals surface area contributed by atoms with Crippen LogP contribution in [0.3, 0.4) is 0 Å². The number of benzene rings is 1. The lowest BCUT2D eigenvalue weighted by atomic mass is 10.2. The van der Waals surface area contributed by atoms with Gasteiger partial charge in [-0.05, 0) is 38.5 Å². The van der Waals surface area contributed by atoms with Crippen LogP contribution in [0.5, 0.6) is 0 Å². The molecule has 6 nitrogen and oxygen atoms in total. The Balaban J connectivity index is 1.81. The molecule has 0 spiro atoms. The second-order valence-electron chi connectivity index (χ2n) is 6.19. The van der Waals surface area contributed by atoms with Crippen LogP contribution in [0.15, 0.2) is 24.3 Å². The van der Waals surface area contributed by atoms with Gasteiger partial charge in [-0.25, -0.2) is 4.39 Å². The van der Waals surface area contributed by atoms with Crippen LogP contribution < -0.4 is 5.32 Å². The van der Waals surface area contributed by atoms with E-state index in [1.807, 2.05) is 13.8 Å². The van der Waals surface area contributed by atoms with Crippen LogP contribution in [0.25, 0.3) is 0 Å². The lowest BCUT2D eigenvalue weighted by molar-refractivity contribution is 0.102. The highest BCUT2D eigenvalue weighted by Crippen LogP contribution is 2.20. The van der Waals surface area contributed by atoms with Gasteiger partial charge in [0.05, 0.1) is 17.8 Å². The van der Waals surface area contributed by atoms with Gasteiger partial charge in [0, 0.05) is 29.5 Å². The number of carbonyl (C=O) groups excluding carboxylic acids is 1. The van der Waals surface area contributed by atoms with Crippen molar-refractivity contribution in [1.29, 1.82) is 0 Å². The summed E-state index contributed by atoms with van der Waals surface area (Å²) in [7, 11) is 1.80. The molecule has 0 saturated heterocycles. The minimum absolute atomic E-state index is 0.252. The molecule has 8 heteroatoms. The Morgan fingerprint density at radius 1 is 1.23 bits per heavy atom. The molecule has 0 aliphatic carbocycles. The highest BCUT2D eigenvalue weighted by atomic mass is 35.5. The second-order valence-corrected chi connectivity index (χ2v) is 6.60. The quantitative estimate of drug-likeness (QED) is 0.757. The predicted octanol–water partition coefficient (Wildman–Crippen LogP) is 3.63. The normalized spacial score (nSPS) is 11.0. The number of nitrogens with zero attached hydrogens (tertiary/aromatic N) is 4. The van der Waals surface area contributed by atoms with Crippen molar-refractivity contribution >= 4 is 23.3 Å². The zero-order chi connectivity index (χ0) is 19.0. The Morgan fingerprint density at radius 3 is 2.58 bits per heavy atom. The van der Waals surface area contributed by atoms with Crippen LogP contribution >= 0.6 is 11.6 Å². The monoisotopic (exact) mass is 375 g/mol. The molecule has 2 heterocycles. The van der Waals surface area contributed by atoms with Gasteiger partial charge in [-0.3, -0.25) is 14.2 Å². The molecule has 1 N–H and O–H groups in total.